The van der Waals surface area contributed by atoms with Crippen molar-refractivity contribution in [2.24, 2.45) is 0 Å². The van der Waals surface area contributed by atoms with Gasteiger partial charge in [-0.05, 0) is 55.8 Å². The molecule has 0 radical (unpaired) electrons. The first-order valence-electron chi connectivity index (χ1n) is 9.49. The first-order chi connectivity index (χ1) is 15.0. The van der Waals surface area contributed by atoms with E-state index in [2.05, 4.69) is 9.72 Å². The summed E-state index contributed by atoms with van der Waals surface area (Å²) in [5.74, 6) is -1.42. The van der Waals surface area contributed by atoms with Crippen molar-refractivity contribution >= 4 is 23.0 Å². The number of carbonyl (C=O) groups excluding carboxylic acids is 1. The van der Waals surface area contributed by atoms with E-state index in [-0.39, 0.29) is 23.5 Å². The number of halogens is 4. The Morgan fingerprint density at radius 3 is 2.28 bits per heavy atom. The zero-order valence-electron chi connectivity index (χ0n) is 17.0. The number of benzene rings is 2. The molecular formula is C22H17F4N3O3. The van der Waals surface area contributed by atoms with Crippen molar-refractivity contribution in [1.82, 2.24) is 4.98 Å². The minimum atomic E-state index is -4.90. The molecule has 4 rings (SSSR count). The van der Waals surface area contributed by atoms with Crippen LogP contribution in [0.4, 0.5) is 34.6 Å². The van der Waals surface area contributed by atoms with Gasteiger partial charge in [-0.2, -0.15) is 0 Å². The van der Waals surface area contributed by atoms with Crippen molar-refractivity contribution < 1.29 is 27.1 Å². The Bertz CT molecular complexity index is 1270. The Kier molecular flexibility index (Phi) is 5.15. The molecule has 32 heavy (non-hydrogen) atoms. The first kappa shape index (κ1) is 21.4. The smallest absolute Gasteiger partial charge is 0.406 e. The van der Waals surface area contributed by atoms with Crippen LogP contribution < -0.4 is 20.1 Å². The van der Waals surface area contributed by atoms with Crippen LogP contribution >= 0.6 is 0 Å². The number of nitrogens with one attached hydrogen (secondary N) is 1. The number of nitrogens with zero attached hydrogens (tertiary/aromatic N) is 2. The van der Waals surface area contributed by atoms with Gasteiger partial charge in [0.05, 0.1) is 16.9 Å². The lowest BCUT2D eigenvalue weighted by Crippen LogP contribution is -2.45. The summed E-state index contributed by atoms with van der Waals surface area (Å²) in [6.45, 7) is 3.20. The fourth-order valence-electron chi connectivity index (χ4n) is 3.72. The number of hydrogen-bond donors (Lipinski definition) is 1. The monoisotopic (exact) mass is 447 g/mol. The van der Waals surface area contributed by atoms with Gasteiger partial charge in [-0.15, -0.1) is 13.2 Å². The van der Waals surface area contributed by atoms with Crippen LogP contribution in [0.1, 0.15) is 21.6 Å². The third kappa shape index (κ3) is 4.03. The highest BCUT2D eigenvalue weighted by atomic mass is 19.4. The molecule has 0 aliphatic carbocycles. The molecule has 2 aromatic carbocycles. The molecule has 0 saturated carbocycles. The van der Waals surface area contributed by atoms with E-state index in [9.17, 15) is 27.2 Å². The van der Waals surface area contributed by atoms with Gasteiger partial charge in [-0.25, -0.2) is 4.39 Å². The van der Waals surface area contributed by atoms with E-state index in [0.29, 0.717) is 22.6 Å². The highest BCUT2D eigenvalue weighted by Crippen LogP contribution is 2.40. The number of ether oxygens (including phenoxy) is 1. The molecule has 1 aromatic heterocycles. The van der Waals surface area contributed by atoms with Gasteiger partial charge in [0.15, 0.2) is 0 Å². The zero-order valence-corrected chi connectivity index (χ0v) is 17.0. The lowest BCUT2D eigenvalue weighted by Gasteiger charge is -2.39. The minimum absolute atomic E-state index is 0.0827. The van der Waals surface area contributed by atoms with Crippen LogP contribution in [0.5, 0.6) is 5.75 Å². The van der Waals surface area contributed by atoms with Crippen molar-refractivity contribution in [2.75, 3.05) is 16.5 Å². The van der Waals surface area contributed by atoms with Crippen molar-refractivity contribution in [3.8, 4) is 5.75 Å². The summed E-state index contributed by atoms with van der Waals surface area (Å²) in [5.41, 5.74) is 1.87. The van der Waals surface area contributed by atoms with Gasteiger partial charge in [0.2, 0.25) is 5.56 Å². The van der Waals surface area contributed by atoms with Crippen LogP contribution in [0.15, 0.2) is 53.3 Å². The lowest BCUT2D eigenvalue weighted by molar-refractivity contribution is -0.274. The molecule has 2 heterocycles. The van der Waals surface area contributed by atoms with Gasteiger partial charge in [0, 0.05) is 23.5 Å². The van der Waals surface area contributed by atoms with E-state index in [1.54, 1.807) is 18.7 Å². The number of amides is 1. The summed E-state index contributed by atoms with van der Waals surface area (Å²) >= 11 is 0. The van der Waals surface area contributed by atoms with Crippen molar-refractivity contribution in [3.63, 3.8) is 0 Å². The number of H-pyrrole nitrogens is 1. The average Bonchev–Trinajstić information content (AvgIpc) is 2.68. The summed E-state index contributed by atoms with van der Waals surface area (Å²) in [6, 6.07) is 10.2. The fourth-order valence-corrected chi connectivity index (χ4v) is 3.72. The molecule has 0 unspecified atom stereocenters. The van der Waals surface area contributed by atoms with Gasteiger partial charge < -0.3 is 14.6 Å². The molecule has 0 saturated heterocycles. The predicted octanol–water partition coefficient (Wildman–Crippen LogP) is 4.79. The van der Waals surface area contributed by atoms with Crippen LogP contribution in [-0.2, 0) is 0 Å². The van der Waals surface area contributed by atoms with E-state index in [1.165, 1.54) is 41.3 Å². The number of pyridine rings is 1. The molecule has 10 heteroatoms. The first-order valence-corrected chi connectivity index (χ1v) is 9.49. The summed E-state index contributed by atoms with van der Waals surface area (Å²) in [6.07, 6.45) is -4.90. The third-order valence-corrected chi connectivity index (χ3v) is 5.08. The number of carbonyl (C=O) groups is 1. The molecule has 1 aliphatic rings. The Morgan fingerprint density at radius 1 is 0.906 bits per heavy atom. The maximum absolute atomic E-state index is 13.7. The van der Waals surface area contributed by atoms with Crippen molar-refractivity contribution in [2.45, 2.75) is 20.2 Å². The lowest BCUT2D eigenvalue weighted by atomic mass is 10.0. The van der Waals surface area contributed by atoms with Crippen LogP contribution in [-0.4, -0.2) is 23.9 Å². The van der Waals surface area contributed by atoms with Gasteiger partial charge in [0.25, 0.3) is 5.91 Å². The number of alkyl halides is 3. The van der Waals surface area contributed by atoms with Crippen LogP contribution in [0.2, 0.25) is 0 Å². The number of aromatic nitrogens is 1. The molecule has 1 N–H and O–H groups in total. The molecular weight excluding hydrogens is 430 g/mol. The number of fused-ring (bicyclic) bond motifs is 1. The van der Waals surface area contributed by atoms with Gasteiger partial charge in [-0.3, -0.25) is 14.5 Å². The average molecular weight is 447 g/mol. The number of hydrogen-bond acceptors (Lipinski definition) is 4. The maximum atomic E-state index is 13.7. The second-order valence-electron chi connectivity index (χ2n) is 7.29. The molecule has 1 amide bonds. The summed E-state index contributed by atoms with van der Waals surface area (Å²) in [7, 11) is 0. The van der Waals surface area contributed by atoms with Crippen molar-refractivity contribution in [3.05, 3.63) is 81.5 Å². The normalized spacial score (nSPS) is 13.9. The predicted molar refractivity (Wildman–Crippen MR) is 110 cm³/mol. The highest BCUT2D eigenvalue weighted by Gasteiger charge is 2.35. The number of aromatic amines is 1. The number of anilines is 3. The van der Waals surface area contributed by atoms with E-state index in [0.717, 1.165) is 12.1 Å². The molecule has 1 aliphatic heterocycles. The fraction of sp³-hybridized carbons (Fsp3) is 0.182. The summed E-state index contributed by atoms with van der Waals surface area (Å²) < 4.78 is 56.0. The van der Waals surface area contributed by atoms with Crippen LogP contribution in [0.3, 0.4) is 0 Å². The Hall–Kier alpha value is -3.82. The van der Waals surface area contributed by atoms with Gasteiger partial charge in [-0.1, -0.05) is 0 Å². The second-order valence-corrected chi connectivity index (χ2v) is 7.29. The molecule has 0 spiro atoms. The molecule has 0 fully saturated rings. The topological polar surface area (TPSA) is 65.6 Å². The van der Waals surface area contributed by atoms with Crippen LogP contribution in [0, 0.1) is 19.7 Å². The van der Waals surface area contributed by atoms with Gasteiger partial charge >= 0.3 is 6.36 Å². The Morgan fingerprint density at radius 2 is 1.62 bits per heavy atom. The SMILES string of the molecule is Cc1cc(F)ccc1N1CN(c2ccc(=O)[nH]c2C)C(=O)c2ccc(OC(F)(F)F)cc21. The largest absolute Gasteiger partial charge is 0.573 e. The van der Waals surface area contributed by atoms with E-state index in [4.69, 9.17) is 0 Å². The summed E-state index contributed by atoms with van der Waals surface area (Å²) in [5, 5.41) is 0. The Balaban J connectivity index is 1.88. The minimum Gasteiger partial charge on any atom is -0.406 e. The molecule has 166 valence electrons. The quantitative estimate of drug-likeness (QED) is 0.587. The van der Waals surface area contributed by atoms with E-state index < -0.39 is 23.8 Å². The molecule has 0 bridgehead atoms. The summed E-state index contributed by atoms with van der Waals surface area (Å²) in [4.78, 5) is 30.5. The second kappa shape index (κ2) is 7.70. The number of rotatable bonds is 3. The van der Waals surface area contributed by atoms with Gasteiger partial charge in [0.1, 0.15) is 18.2 Å². The van der Waals surface area contributed by atoms with Crippen LogP contribution in [0.25, 0.3) is 0 Å². The standard InChI is InChI=1S/C22H17F4N3O3/c1-12-9-14(23)3-6-17(12)28-11-29(18-7-8-20(30)27-13(18)2)21(31)16-5-4-15(10-19(16)28)32-22(24,25)26/h3-10H,11H2,1-2H3,(H,27,30). The van der Waals surface area contributed by atoms with E-state index >= 15 is 0 Å². The highest BCUT2D eigenvalue weighted by molar-refractivity contribution is 6.13. The number of aryl methyl sites for hydroxylation is 2. The Labute approximate surface area is 179 Å². The third-order valence-electron chi connectivity index (χ3n) is 5.08. The zero-order chi connectivity index (χ0) is 23.2. The van der Waals surface area contributed by atoms with E-state index in [1.807, 2.05) is 0 Å². The van der Waals surface area contributed by atoms with Crippen molar-refractivity contribution in [1.29, 1.82) is 0 Å². The maximum Gasteiger partial charge on any atom is 0.573 e. The molecule has 3 aromatic rings. The molecule has 0 atom stereocenters. The molecule has 6 nitrogen and oxygen atoms in total.